The Labute approximate surface area is 207 Å². The van der Waals surface area contributed by atoms with Gasteiger partial charge in [0.1, 0.15) is 10.8 Å². The molecule has 0 radical (unpaired) electrons. The molecule has 3 fully saturated rings. The van der Waals surface area contributed by atoms with Crippen molar-refractivity contribution in [2.75, 3.05) is 31.1 Å². The van der Waals surface area contributed by atoms with E-state index in [0.717, 1.165) is 55.9 Å². The molecule has 0 bridgehead atoms. The average Bonchev–Trinajstić information content (AvgIpc) is 3.31. The van der Waals surface area contributed by atoms with Crippen LogP contribution in [0.1, 0.15) is 82.0 Å². The van der Waals surface area contributed by atoms with E-state index in [-0.39, 0.29) is 24.2 Å². The summed E-state index contributed by atoms with van der Waals surface area (Å²) in [5, 5.41) is 21.0. The van der Waals surface area contributed by atoms with Crippen molar-refractivity contribution in [2.45, 2.75) is 87.5 Å². The largest absolute Gasteiger partial charge is 0.481 e. The van der Waals surface area contributed by atoms with Crippen molar-refractivity contribution in [1.29, 1.82) is 0 Å². The predicted octanol–water partition coefficient (Wildman–Crippen LogP) is 4.43. The molecule has 2 aliphatic heterocycles. The highest BCUT2D eigenvalue weighted by Crippen LogP contribution is 2.38. The van der Waals surface area contributed by atoms with Gasteiger partial charge in [-0.1, -0.05) is 12.8 Å². The molecule has 1 aromatic heterocycles. The first-order valence-electron chi connectivity index (χ1n) is 12.9. The van der Waals surface area contributed by atoms with Crippen molar-refractivity contribution >= 4 is 29.5 Å². The Morgan fingerprint density at radius 3 is 2.50 bits per heavy atom. The number of anilines is 1. The third-order valence-corrected chi connectivity index (χ3v) is 9.01. The van der Waals surface area contributed by atoms with E-state index in [1.807, 2.05) is 30.9 Å². The smallest absolute Gasteiger partial charge is 0.303 e. The highest BCUT2D eigenvalue weighted by atomic mass is 32.2. The zero-order valence-corrected chi connectivity index (χ0v) is 21.4. The normalized spacial score (nSPS) is 24.4. The van der Waals surface area contributed by atoms with E-state index in [2.05, 4.69) is 4.90 Å². The molecular formula is C26H39N3O4S. The molecule has 0 aromatic carbocycles. The van der Waals surface area contributed by atoms with Gasteiger partial charge in [0, 0.05) is 43.8 Å². The number of aromatic nitrogens is 1. The summed E-state index contributed by atoms with van der Waals surface area (Å²) in [4.78, 5) is 33.9. The van der Waals surface area contributed by atoms with Crippen LogP contribution in [0.4, 0.5) is 5.82 Å². The number of aliphatic carboxylic acids is 1. The van der Waals surface area contributed by atoms with E-state index in [1.165, 1.54) is 12.8 Å². The summed E-state index contributed by atoms with van der Waals surface area (Å²) >= 11 is 1.74. The second-order valence-corrected chi connectivity index (χ2v) is 12.1. The van der Waals surface area contributed by atoms with Crippen molar-refractivity contribution in [3.8, 4) is 0 Å². The van der Waals surface area contributed by atoms with Gasteiger partial charge in [0.05, 0.1) is 11.2 Å². The summed E-state index contributed by atoms with van der Waals surface area (Å²) in [5.41, 5.74) is -0.139. The van der Waals surface area contributed by atoms with E-state index in [4.69, 9.17) is 4.98 Å². The van der Waals surface area contributed by atoms with Gasteiger partial charge in [0.15, 0.2) is 0 Å². The third-order valence-electron chi connectivity index (χ3n) is 7.67. The molecule has 1 aliphatic carbocycles. The number of pyridine rings is 1. The molecule has 1 aromatic rings. The summed E-state index contributed by atoms with van der Waals surface area (Å²) < 4.78 is 0. The van der Waals surface area contributed by atoms with Crippen molar-refractivity contribution in [3.05, 3.63) is 17.7 Å². The van der Waals surface area contributed by atoms with E-state index >= 15 is 0 Å². The average molecular weight is 490 g/mol. The standard InChI is InChI=1S/C26H39N3O4S/c1-26(2,33)19-8-6-14-29(17-19)25(32)21-11-12-22(27-24(21)34-20-9-3-4-10-20)28-13-5-7-18(16-28)15-23(30)31/h11-12,18-20,33H,3-10,13-17H2,1-2H3,(H,30,31)/t18-,19?/m0/s1. The number of carbonyl (C=O) groups excluding carboxylic acids is 1. The number of carbonyl (C=O) groups is 2. The molecule has 3 heterocycles. The Kier molecular flexibility index (Phi) is 8.08. The van der Waals surface area contributed by atoms with E-state index < -0.39 is 11.6 Å². The number of likely N-dealkylation sites (tertiary alicyclic amines) is 1. The van der Waals surface area contributed by atoms with Crippen LogP contribution >= 0.6 is 11.8 Å². The van der Waals surface area contributed by atoms with Crippen LogP contribution in [0.15, 0.2) is 17.2 Å². The van der Waals surface area contributed by atoms with Crippen molar-refractivity contribution in [1.82, 2.24) is 9.88 Å². The lowest BCUT2D eigenvalue weighted by atomic mass is 9.84. The molecule has 1 saturated carbocycles. The van der Waals surface area contributed by atoms with Crippen LogP contribution in [-0.4, -0.2) is 69.0 Å². The fourth-order valence-electron chi connectivity index (χ4n) is 5.62. The highest BCUT2D eigenvalue weighted by molar-refractivity contribution is 7.99. The Balaban J connectivity index is 1.56. The van der Waals surface area contributed by atoms with E-state index in [9.17, 15) is 19.8 Å². The minimum absolute atomic E-state index is 0.0101. The minimum atomic E-state index is -0.802. The number of rotatable bonds is 7. The Morgan fingerprint density at radius 2 is 1.79 bits per heavy atom. The molecule has 7 nitrogen and oxygen atoms in total. The number of piperidine rings is 2. The second kappa shape index (κ2) is 10.9. The lowest BCUT2D eigenvalue weighted by molar-refractivity contribution is -0.138. The first kappa shape index (κ1) is 25.3. The molecule has 2 saturated heterocycles. The van der Waals surface area contributed by atoms with Gasteiger partial charge < -0.3 is 20.0 Å². The number of nitrogens with zero attached hydrogens (tertiary/aromatic N) is 3. The third kappa shape index (κ3) is 6.25. The SMILES string of the molecule is CC(C)(O)C1CCCN(C(=O)c2ccc(N3CCC[C@@H](CC(=O)O)C3)nc2SC2CCCC2)C1. The Morgan fingerprint density at radius 1 is 1.06 bits per heavy atom. The van der Waals surface area contributed by atoms with Crippen LogP contribution in [0, 0.1) is 11.8 Å². The molecule has 2 N–H and O–H groups in total. The van der Waals surface area contributed by atoms with Crippen LogP contribution in [0.5, 0.6) is 0 Å². The van der Waals surface area contributed by atoms with Gasteiger partial charge in [0.2, 0.25) is 0 Å². The van der Waals surface area contributed by atoms with Crippen molar-refractivity contribution in [3.63, 3.8) is 0 Å². The van der Waals surface area contributed by atoms with Gasteiger partial charge in [-0.3, -0.25) is 9.59 Å². The zero-order valence-electron chi connectivity index (χ0n) is 20.5. The van der Waals surface area contributed by atoms with Crippen LogP contribution < -0.4 is 4.90 Å². The van der Waals surface area contributed by atoms with Gasteiger partial charge in [-0.25, -0.2) is 4.98 Å². The fraction of sp³-hybridized carbons (Fsp3) is 0.731. The first-order valence-corrected chi connectivity index (χ1v) is 13.7. The highest BCUT2D eigenvalue weighted by Gasteiger charge is 2.34. The predicted molar refractivity (Wildman–Crippen MR) is 134 cm³/mol. The number of carboxylic acid groups (broad SMARTS) is 1. The maximum absolute atomic E-state index is 13.6. The molecule has 8 heteroatoms. The number of amides is 1. The second-order valence-electron chi connectivity index (χ2n) is 10.8. The number of hydrogen-bond acceptors (Lipinski definition) is 6. The molecule has 188 valence electrons. The van der Waals surface area contributed by atoms with Crippen LogP contribution in [0.25, 0.3) is 0 Å². The molecule has 4 rings (SSSR count). The van der Waals surface area contributed by atoms with E-state index in [1.54, 1.807) is 11.8 Å². The number of carboxylic acids is 1. The topological polar surface area (TPSA) is 94.0 Å². The lowest BCUT2D eigenvalue weighted by Gasteiger charge is -2.39. The summed E-state index contributed by atoms with van der Waals surface area (Å²) in [6.07, 6.45) is 8.66. The molecule has 0 spiro atoms. The van der Waals surface area contributed by atoms with Gasteiger partial charge in [-0.15, -0.1) is 11.8 Å². The molecule has 3 aliphatic rings. The van der Waals surface area contributed by atoms with Crippen LogP contribution in [0.2, 0.25) is 0 Å². The fourth-order valence-corrected chi connectivity index (χ4v) is 6.93. The molecule has 1 amide bonds. The zero-order chi connectivity index (χ0) is 24.3. The number of thioether (sulfide) groups is 1. The molecule has 2 atom stereocenters. The summed E-state index contributed by atoms with van der Waals surface area (Å²) in [5.74, 6) is 0.315. The molecule has 34 heavy (non-hydrogen) atoms. The molecular weight excluding hydrogens is 450 g/mol. The quantitative estimate of drug-likeness (QED) is 0.585. The Bertz CT molecular complexity index is 881. The maximum atomic E-state index is 13.6. The molecule has 1 unspecified atom stereocenters. The summed E-state index contributed by atoms with van der Waals surface area (Å²) in [6, 6.07) is 3.86. The first-order chi connectivity index (χ1) is 16.2. The monoisotopic (exact) mass is 489 g/mol. The lowest BCUT2D eigenvalue weighted by Crippen LogP contribution is -2.47. The van der Waals surface area contributed by atoms with Crippen molar-refractivity contribution in [2.24, 2.45) is 11.8 Å². The summed E-state index contributed by atoms with van der Waals surface area (Å²) in [6.45, 7) is 6.51. The Hall–Kier alpha value is -1.80. The van der Waals surface area contributed by atoms with Gasteiger partial charge in [-0.05, 0) is 70.4 Å². The van der Waals surface area contributed by atoms with Crippen LogP contribution in [-0.2, 0) is 4.79 Å². The van der Waals surface area contributed by atoms with Gasteiger partial charge in [0.25, 0.3) is 5.91 Å². The van der Waals surface area contributed by atoms with Gasteiger partial charge >= 0.3 is 5.97 Å². The summed E-state index contributed by atoms with van der Waals surface area (Å²) in [7, 11) is 0. The van der Waals surface area contributed by atoms with Crippen molar-refractivity contribution < 1.29 is 19.8 Å². The number of hydrogen-bond donors (Lipinski definition) is 2. The van der Waals surface area contributed by atoms with Gasteiger partial charge in [-0.2, -0.15) is 0 Å². The van der Waals surface area contributed by atoms with E-state index in [0.29, 0.717) is 30.4 Å². The maximum Gasteiger partial charge on any atom is 0.303 e. The van der Waals surface area contributed by atoms with Crippen LogP contribution in [0.3, 0.4) is 0 Å². The minimum Gasteiger partial charge on any atom is -0.481 e. The number of aliphatic hydroxyl groups is 1.